The summed E-state index contributed by atoms with van der Waals surface area (Å²) in [5, 5.41) is 6.57. The van der Waals surface area contributed by atoms with Crippen molar-refractivity contribution >= 4 is 11.6 Å². The van der Waals surface area contributed by atoms with E-state index in [9.17, 15) is 9.59 Å². The molecule has 18 heavy (non-hydrogen) atoms. The summed E-state index contributed by atoms with van der Waals surface area (Å²) in [5.74, 6) is -0.273. The van der Waals surface area contributed by atoms with Gasteiger partial charge in [0, 0.05) is 18.0 Å². The van der Waals surface area contributed by atoms with Crippen LogP contribution in [0.1, 0.15) is 5.56 Å². The van der Waals surface area contributed by atoms with Gasteiger partial charge in [0.25, 0.3) is 5.56 Å². The van der Waals surface area contributed by atoms with Crippen LogP contribution in [0.25, 0.3) is 0 Å². The molecule has 0 unspecified atom stereocenters. The van der Waals surface area contributed by atoms with Crippen LogP contribution in [0.3, 0.4) is 0 Å². The first-order valence-corrected chi connectivity index (χ1v) is 5.54. The van der Waals surface area contributed by atoms with E-state index in [1.165, 1.54) is 18.3 Å². The molecule has 0 bridgehead atoms. The smallest absolute Gasteiger partial charge is 0.267 e. The molecule has 0 aliphatic carbocycles. The van der Waals surface area contributed by atoms with E-state index in [0.717, 1.165) is 15.9 Å². The lowest BCUT2D eigenvalue weighted by atomic mass is 10.2. The average molecular weight is 243 g/mol. The van der Waals surface area contributed by atoms with Crippen LogP contribution in [-0.4, -0.2) is 15.7 Å². The number of carbonyl (C=O) groups excluding carboxylic acids is 1. The van der Waals surface area contributed by atoms with Gasteiger partial charge in [-0.1, -0.05) is 18.2 Å². The molecule has 0 saturated heterocycles. The van der Waals surface area contributed by atoms with Gasteiger partial charge in [0.05, 0.1) is 0 Å². The van der Waals surface area contributed by atoms with Crippen LogP contribution in [0.4, 0.5) is 5.69 Å². The van der Waals surface area contributed by atoms with E-state index >= 15 is 0 Å². The summed E-state index contributed by atoms with van der Waals surface area (Å²) in [4.78, 5) is 23.2. The highest BCUT2D eigenvalue weighted by Gasteiger charge is 2.06. The molecule has 1 aromatic carbocycles. The van der Waals surface area contributed by atoms with Crippen LogP contribution in [-0.2, 0) is 11.3 Å². The predicted octanol–water partition coefficient (Wildman–Crippen LogP) is 1.19. The maximum Gasteiger partial charge on any atom is 0.267 e. The third kappa shape index (κ3) is 2.82. The van der Waals surface area contributed by atoms with E-state index in [1.54, 1.807) is 0 Å². The normalized spacial score (nSPS) is 10.1. The largest absolute Gasteiger partial charge is 0.324 e. The quantitative estimate of drug-likeness (QED) is 0.880. The van der Waals surface area contributed by atoms with Crippen molar-refractivity contribution in [1.29, 1.82) is 0 Å². The lowest BCUT2D eigenvalue weighted by molar-refractivity contribution is -0.117. The first-order chi connectivity index (χ1) is 8.66. The van der Waals surface area contributed by atoms with Crippen molar-refractivity contribution in [2.24, 2.45) is 0 Å². The van der Waals surface area contributed by atoms with Crippen LogP contribution in [0, 0.1) is 6.92 Å². The monoisotopic (exact) mass is 243 g/mol. The Bertz CT molecular complexity index is 619. The third-order valence-corrected chi connectivity index (χ3v) is 2.50. The number of hydrogen-bond donors (Lipinski definition) is 1. The Balaban J connectivity index is 2.09. The van der Waals surface area contributed by atoms with Crippen LogP contribution < -0.4 is 10.9 Å². The lowest BCUT2D eigenvalue weighted by Crippen LogP contribution is -2.28. The molecule has 0 fully saturated rings. The van der Waals surface area contributed by atoms with E-state index in [2.05, 4.69) is 10.4 Å². The molecule has 0 aliphatic heterocycles. The standard InChI is InChI=1S/C13H13N3O2/c1-10-5-2-3-6-11(10)15-12(17)9-16-13(18)7-4-8-14-16/h2-8H,9H2,1H3,(H,15,17). The van der Waals surface area contributed by atoms with Crippen molar-refractivity contribution in [2.45, 2.75) is 13.5 Å². The van der Waals surface area contributed by atoms with Gasteiger partial charge in [0.15, 0.2) is 0 Å². The molecule has 5 nitrogen and oxygen atoms in total. The summed E-state index contributed by atoms with van der Waals surface area (Å²) >= 11 is 0. The zero-order valence-electron chi connectivity index (χ0n) is 9.96. The summed E-state index contributed by atoms with van der Waals surface area (Å²) in [7, 11) is 0. The summed E-state index contributed by atoms with van der Waals surface area (Å²) < 4.78 is 1.12. The number of aromatic nitrogens is 2. The van der Waals surface area contributed by atoms with Crippen molar-refractivity contribution in [3.8, 4) is 0 Å². The van der Waals surface area contributed by atoms with Crippen molar-refractivity contribution in [3.63, 3.8) is 0 Å². The van der Waals surface area contributed by atoms with E-state index in [-0.39, 0.29) is 18.0 Å². The van der Waals surface area contributed by atoms with Crippen LogP contribution in [0.2, 0.25) is 0 Å². The van der Waals surface area contributed by atoms with Crippen LogP contribution in [0.15, 0.2) is 47.4 Å². The summed E-state index contributed by atoms with van der Waals surface area (Å²) in [6, 6.07) is 10.4. The number of para-hydroxylation sites is 1. The zero-order valence-corrected chi connectivity index (χ0v) is 9.96. The van der Waals surface area contributed by atoms with Crippen molar-refractivity contribution < 1.29 is 4.79 Å². The Morgan fingerprint density at radius 3 is 2.78 bits per heavy atom. The zero-order chi connectivity index (χ0) is 13.0. The molecule has 0 saturated carbocycles. The molecule has 1 heterocycles. The molecule has 2 rings (SSSR count). The number of carbonyl (C=O) groups is 1. The van der Waals surface area contributed by atoms with Gasteiger partial charge in [-0.25, -0.2) is 4.68 Å². The number of hydrogen-bond acceptors (Lipinski definition) is 3. The number of anilines is 1. The Morgan fingerprint density at radius 2 is 2.06 bits per heavy atom. The highest BCUT2D eigenvalue weighted by Crippen LogP contribution is 2.12. The fourth-order valence-electron chi connectivity index (χ4n) is 1.54. The molecule has 1 amide bonds. The number of aryl methyl sites for hydroxylation is 1. The minimum Gasteiger partial charge on any atom is -0.324 e. The molecule has 1 N–H and O–H groups in total. The predicted molar refractivity (Wildman–Crippen MR) is 68.3 cm³/mol. The molecule has 0 spiro atoms. The Hall–Kier alpha value is -2.43. The molecule has 5 heteroatoms. The van der Waals surface area contributed by atoms with E-state index < -0.39 is 0 Å². The minimum atomic E-state index is -0.294. The van der Waals surface area contributed by atoms with Crippen LogP contribution in [0.5, 0.6) is 0 Å². The summed E-state index contributed by atoms with van der Waals surface area (Å²) in [6.45, 7) is 1.82. The van der Waals surface area contributed by atoms with Crippen molar-refractivity contribution in [1.82, 2.24) is 9.78 Å². The van der Waals surface area contributed by atoms with E-state index in [4.69, 9.17) is 0 Å². The maximum atomic E-state index is 11.8. The topological polar surface area (TPSA) is 64.0 Å². The van der Waals surface area contributed by atoms with Gasteiger partial charge in [-0.3, -0.25) is 9.59 Å². The molecule has 0 radical (unpaired) electrons. The van der Waals surface area contributed by atoms with Crippen molar-refractivity contribution in [3.05, 3.63) is 58.5 Å². The molecular weight excluding hydrogens is 230 g/mol. The van der Waals surface area contributed by atoms with Gasteiger partial charge in [-0.05, 0) is 24.6 Å². The third-order valence-electron chi connectivity index (χ3n) is 2.50. The molecule has 0 aliphatic rings. The summed E-state index contributed by atoms with van der Waals surface area (Å²) in [6.07, 6.45) is 1.47. The fourth-order valence-corrected chi connectivity index (χ4v) is 1.54. The van der Waals surface area contributed by atoms with Gasteiger partial charge in [-0.2, -0.15) is 5.10 Å². The highest BCUT2D eigenvalue weighted by molar-refractivity contribution is 5.91. The SMILES string of the molecule is Cc1ccccc1NC(=O)Cn1ncccc1=O. The summed E-state index contributed by atoms with van der Waals surface area (Å²) in [5.41, 5.74) is 1.42. The first-order valence-electron chi connectivity index (χ1n) is 5.54. The van der Waals surface area contributed by atoms with Crippen molar-refractivity contribution in [2.75, 3.05) is 5.32 Å². The Labute approximate surface area is 104 Å². The number of benzene rings is 1. The highest BCUT2D eigenvalue weighted by atomic mass is 16.2. The molecule has 1 aromatic heterocycles. The number of amides is 1. The molecule has 0 atom stereocenters. The second-order valence-corrected chi connectivity index (χ2v) is 3.88. The van der Waals surface area contributed by atoms with E-state index in [0.29, 0.717) is 0 Å². The molecule has 92 valence electrons. The molecular formula is C13H13N3O2. The number of rotatable bonds is 3. The second-order valence-electron chi connectivity index (χ2n) is 3.88. The van der Waals surface area contributed by atoms with E-state index in [1.807, 2.05) is 31.2 Å². The van der Waals surface area contributed by atoms with Gasteiger partial charge >= 0.3 is 0 Å². The Kier molecular flexibility index (Phi) is 3.52. The van der Waals surface area contributed by atoms with Gasteiger partial charge in [0.2, 0.25) is 5.91 Å². The lowest BCUT2D eigenvalue weighted by Gasteiger charge is -2.08. The molecule has 2 aromatic rings. The van der Waals surface area contributed by atoms with Gasteiger partial charge in [-0.15, -0.1) is 0 Å². The second kappa shape index (κ2) is 5.27. The minimum absolute atomic E-state index is 0.0893. The Morgan fingerprint density at radius 1 is 1.28 bits per heavy atom. The first kappa shape index (κ1) is 12.0. The van der Waals surface area contributed by atoms with Gasteiger partial charge in [0.1, 0.15) is 6.54 Å². The van der Waals surface area contributed by atoms with Gasteiger partial charge < -0.3 is 5.32 Å². The fraction of sp³-hybridized carbons (Fsp3) is 0.154. The number of nitrogens with zero attached hydrogens (tertiary/aromatic N) is 2. The van der Waals surface area contributed by atoms with Crippen LogP contribution >= 0.6 is 0 Å². The number of nitrogens with one attached hydrogen (secondary N) is 1. The average Bonchev–Trinajstić information content (AvgIpc) is 2.35. The maximum absolute atomic E-state index is 11.8.